The van der Waals surface area contributed by atoms with Crippen molar-refractivity contribution in [3.8, 4) is 22.6 Å². The van der Waals surface area contributed by atoms with Gasteiger partial charge in [-0.3, -0.25) is 14.7 Å². The summed E-state index contributed by atoms with van der Waals surface area (Å²) >= 11 is 0. The standard InChI is InChI=1S/C23H26N4O/c1-27(20-10-3-2-4-11-20)16-17-7-5-8-18(13-17)23-25-21(14-22(28)26-23)19-9-6-12-24-15-19/h5-9,12-15,20H,2-4,10-11,16H2,1H3,(H,25,26,28). The van der Waals surface area contributed by atoms with Crippen LogP contribution in [0.1, 0.15) is 37.7 Å². The smallest absolute Gasteiger partial charge is 0.251 e. The van der Waals surface area contributed by atoms with Gasteiger partial charge >= 0.3 is 0 Å². The lowest BCUT2D eigenvalue weighted by molar-refractivity contribution is 0.184. The maximum Gasteiger partial charge on any atom is 0.251 e. The maximum atomic E-state index is 12.2. The Labute approximate surface area is 165 Å². The van der Waals surface area contributed by atoms with Crippen molar-refractivity contribution in [3.63, 3.8) is 0 Å². The molecule has 0 spiro atoms. The van der Waals surface area contributed by atoms with Crippen LogP contribution in [0.3, 0.4) is 0 Å². The van der Waals surface area contributed by atoms with Gasteiger partial charge in [0.05, 0.1) is 5.69 Å². The van der Waals surface area contributed by atoms with E-state index in [0.29, 0.717) is 17.6 Å². The Morgan fingerprint density at radius 2 is 1.89 bits per heavy atom. The van der Waals surface area contributed by atoms with Crippen LogP contribution >= 0.6 is 0 Å². The minimum Gasteiger partial charge on any atom is -0.306 e. The highest BCUT2D eigenvalue weighted by Crippen LogP contribution is 2.24. The molecule has 1 aliphatic rings. The van der Waals surface area contributed by atoms with E-state index < -0.39 is 0 Å². The van der Waals surface area contributed by atoms with Crippen LogP contribution in [0.25, 0.3) is 22.6 Å². The summed E-state index contributed by atoms with van der Waals surface area (Å²) < 4.78 is 0. The Morgan fingerprint density at radius 3 is 2.68 bits per heavy atom. The van der Waals surface area contributed by atoms with Crippen LogP contribution in [0.5, 0.6) is 0 Å². The molecule has 3 aromatic rings. The Balaban J connectivity index is 1.59. The summed E-state index contributed by atoms with van der Waals surface area (Å²) in [5, 5.41) is 0. The lowest BCUT2D eigenvalue weighted by Crippen LogP contribution is -2.32. The van der Waals surface area contributed by atoms with Gasteiger partial charge in [-0.15, -0.1) is 0 Å². The molecule has 1 aromatic carbocycles. The summed E-state index contributed by atoms with van der Waals surface area (Å²) in [6.07, 6.45) is 10.1. The van der Waals surface area contributed by atoms with E-state index in [0.717, 1.165) is 17.7 Å². The first-order valence-electron chi connectivity index (χ1n) is 10.0. The largest absolute Gasteiger partial charge is 0.306 e. The molecular weight excluding hydrogens is 348 g/mol. The van der Waals surface area contributed by atoms with Gasteiger partial charge in [0, 0.05) is 42.2 Å². The van der Waals surface area contributed by atoms with Gasteiger partial charge in [0.15, 0.2) is 0 Å². The molecule has 2 heterocycles. The van der Waals surface area contributed by atoms with E-state index in [4.69, 9.17) is 0 Å². The Kier molecular flexibility index (Phi) is 5.63. The van der Waals surface area contributed by atoms with E-state index in [1.807, 2.05) is 24.3 Å². The lowest BCUT2D eigenvalue weighted by Gasteiger charge is -2.31. The molecule has 144 valence electrons. The second kappa shape index (κ2) is 8.48. The van der Waals surface area contributed by atoms with Gasteiger partial charge in [0.1, 0.15) is 5.82 Å². The van der Waals surface area contributed by atoms with Crippen molar-refractivity contribution in [2.24, 2.45) is 0 Å². The molecule has 0 bridgehead atoms. The summed E-state index contributed by atoms with van der Waals surface area (Å²) in [6, 6.07) is 14.3. The maximum absolute atomic E-state index is 12.2. The van der Waals surface area contributed by atoms with Gasteiger partial charge in [-0.25, -0.2) is 4.98 Å². The predicted molar refractivity (Wildman–Crippen MR) is 112 cm³/mol. The van der Waals surface area contributed by atoms with E-state index in [1.54, 1.807) is 12.4 Å². The summed E-state index contributed by atoms with van der Waals surface area (Å²) in [6.45, 7) is 0.908. The highest BCUT2D eigenvalue weighted by atomic mass is 16.1. The molecule has 1 N–H and O–H groups in total. The first kappa shape index (κ1) is 18.6. The second-order valence-corrected chi connectivity index (χ2v) is 7.63. The molecule has 0 saturated heterocycles. The van der Waals surface area contributed by atoms with Crippen LogP contribution in [0.15, 0.2) is 59.7 Å². The van der Waals surface area contributed by atoms with E-state index >= 15 is 0 Å². The second-order valence-electron chi connectivity index (χ2n) is 7.63. The predicted octanol–water partition coefficient (Wildman–Crippen LogP) is 4.26. The summed E-state index contributed by atoms with van der Waals surface area (Å²) in [7, 11) is 2.21. The zero-order valence-electron chi connectivity index (χ0n) is 16.3. The fourth-order valence-electron chi connectivity index (χ4n) is 4.01. The number of nitrogens with zero attached hydrogens (tertiary/aromatic N) is 3. The third-order valence-electron chi connectivity index (χ3n) is 5.53. The molecule has 0 atom stereocenters. The van der Waals surface area contributed by atoms with Gasteiger partial charge in [0.25, 0.3) is 5.56 Å². The first-order valence-corrected chi connectivity index (χ1v) is 10.0. The number of nitrogens with one attached hydrogen (secondary N) is 1. The SMILES string of the molecule is CN(Cc1cccc(-c2nc(-c3cccnc3)cc(=O)[nH]2)c1)C1CCCCC1. The number of benzene rings is 1. The molecule has 0 aliphatic heterocycles. The van der Waals surface area contributed by atoms with Crippen molar-refractivity contribution in [1.29, 1.82) is 0 Å². The van der Waals surface area contributed by atoms with E-state index in [9.17, 15) is 4.79 Å². The third kappa shape index (κ3) is 4.37. The van der Waals surface area contributed by atoms with Crippen molar-refractivity contribution in [2.75, 3.05) is 7.05 Å². The fourth-order valence-corrected chi connectivity index (χ4v) is 4.01. The van der Waals surface area contributed by atoms with Crippen LogP contribution in [0.4, 0.5) is 0 Å². The van der Waals surface area contributed by atoms with Crippen LogP contribution in [-0.4, -0.2) is 32.9 Å². The van der Waals surface area contributed by atoms with E-state index in [-0.39, 0.29) is 5.56 Å². The van der Waals surface area contributed by atoms with Gasteiger partial charge in [0.2, 0.25) is 0 Å². The van der Waals surface area contributed by atoms with Crippen molar-refractivity contribution >= 4 is 0 Å². The molecule has 0 radical (unpaired) electrons. The normalized spacial score (nSPS) is 15.1. The van der Waals surface area contributed by atoms with Gasteiger partial charge in [-0.05, 0) is 43.7 Å². The average molecular weight is 374 g/mol. The highest BCUT2D eigenvalue weighted by molar-refractivity contribution is 5.63. The molecule has 5 heteroatoms. The quantitative estimate of drug-likeness (QED) is 0.725. The molecule has 5 nitrogen and oxygen atoms in total. The molecular formula is C23H26N4O. The molecule has 2 aromatic heterocycles. The average Bonchev–Trinajstić information content (AvgIpc) is 2.75. The fraction of sp³-hybridized carbons (Fsp3) is 0.348. The molecule has 1 fully saturated rings. The van der Waals surface area contributed by atoms with Gasteiger partial charge < -0.3 is 4.98 Å². The van der Waals surface area contributed by atoms with Crippen LogP contribution in [-0.2, 0) is 6.54 Å². The number of hydrogen-bond donors (Lipinski definition) is 1. The molecule has 4 rings (SSSR count). The number of aromatic amines is 1. The number of rotatable bonds is 5. The third-order valence-corrected chi connectivity index (χ3v) is 5.53. The van der Waals surface area contributed by atoms with Gasteiger partial charge in [-0.1, -0.05) is 37.5 Å². The Morgan fingerprint density at radius 1 is 1.07 bits per heavy atom. The van der Waals surface area contributed by atoms with Crippen molar-refractivity contribution in [2.45, 2.75) is 44.7 Å². The number of H-pyrrole nitrogens is 1. The minimum atomic E-state index is -0.159. The van der Waals surface area contributed by atoms with Gasteiger partial charge in [-0.2, -0.15) is 0 Å². The molecule has 28 heavy (non-hydrogen) atoms. The topological polar surface area (TPSA) is 61.9 Å². The zero-order chi connectivity index (χ0) is 19.3. The van der Waals surface area contributed by atoms with Crippen LogP contribution in [0.2, 0.25) is 0 Å². The van der Waals surface area contributed by atoms with Crippen LogP contribution in [0, 0.1) is 0 Å². The first-order chi connectivity index (χ1) is 13.7. The highest BCUT2D eigenvalue weighted by Gasteiger charge is 2.18. The molecule has 0 unspecified atom stereocenters. The molecule has 1 saturated carbocycles. The van der Waals surface area contributed by atoms with E-state index in [1.165, 1.54) is 43.7 Å². The van der Waals surface area contributed by atoms with Crippen LogP contribution < -0.4 is 5.56 Å². The molecule has 0 amide bonds. The Hall–Kier alpha value is -2.79. The number of hydrogen-bond acceptors (Lipinski definition) is 4. The van der Waals surface area contributed by atoms with Crippen molar-refractivity contribution < 1.29 is 0 Å². The molecule has 1 aliphatic carbocycles. The number of aromatic nitrogens is 3. The minimum absolute atomic E-state index is 0.159. The summed E-state index contributed by atoms with van der Waals surface area (Å²) in [5.41, 5.74) is 3.48. The Bertz CT molecular complexity index is 977. The summed E-state index contributed by atoms with van der Waals surface area (Å²) in [5.74, 6) is 0.591. The van der Waals surface area contributed by atoms with Crippen molar-refractivity contribution in [3.05, 3.63) is 70.8 Å². The van der Waals surface area contributed by atoms with Crippen molar-refractivity contribution in [1.82, 2.24) is 19.9 Å². The number of pyridine rings is 1. The van der Waals surface area contributed by atoms with E-state index in [2.05, 4.69) is 39.0 Å². The lowest BCUT2D eigenvalue weighted by atomic mass is 9.94. The summed E-state index contributed by atoms with van der Waals surface area (Å²) in [4.78, 5) is 26.3. The zero-order valence-corrected chi connectivity index (χ0v) is 16.3. The monoisotopic (exact) mass is 374 g/mol.